The third-order valence-electron chi connectivity index (χ3n) is 3.45. The number of hydrogen-bond acceptors (Lipinski definition) is 2. The van der Waals surface area contributed by atoms with Crippen molar-refractivity contribution in [1.82, 2.24) is 0 Å². The maximum atomic E-state index is 12.2. The highest BCUT2D eigenvalue weighted by Crippen LogP contribution is 2.24. The van der Waals surface area contributed by atoms with Crippen LogP contribution in [0.25, 0.3) is 0 Å². The smallest absolute Gasteiger partial charge is 0.244 e. The van der Waals surface area contributed by atoms with E-state index in [1.807, 2.05) is 62.4 Å². The maximum Gasteiger partial charge on any atom is 0.244 e. The molecule has 0 bridgehead atoms. The van der Waals surface area contributed by atoms with Gasteiger partial charge in [0.15, 0.2) is 0 Å². The molecule has 4 heteroatoms. The zero-order valence-electron chi connectivity index (χ0n) is 13.1. The van der Waals surface area contributed by atoms with Gasteiger partial charge in [-0.05, 0) is 37.1 Å². The summed E-state index contributed by atoms with van der Waals surface area (Å²) in [5.74, 6) is -0.371. The summed E-state index contributed by atoms with van der Waals surface area (Å²) < 4.78 is 0. The average molecular weight is 296 g/mol. The Labute approximate surface area is 130 Å². The van der Waals surface area contributed by atoms with Gasteiger partial charge in [0, 0.05) is 12.6 Å². The molecule has 0 aromatic heterocycles. The summed E-state index contributed by atoms with van der Waals surface area (Å²) in [7, 11) is 0. The van der Waals surface area contributed by atoms with Gasteiger partial charge in [0.05, 0.1) is 5.69 Å². The molecule has 2 amide bonds. The minimum absolute atomic E-state index is 0.00405. The van der Waals surface area contributed by atoms with Crippen molar-refractivity contribution in [3.8, 4) is 0 Å². The van der Waals surface area contributed by atoms with E-state index in [1.165, 1.54) is 11.8 Å². The highest BCUT2D eigenvalue weighted by atomic mass is 16.2. The van der Waals surface area contributed by atoms with Gasteiger partial charge in [0.1, 0.15) is 6.54 Å². The first kappa shape index (κ1) is 15.8. The number of carbonyl (C=O) groups excluding carboxylic acids is 2. The summed E-state index contributed by atoms with van der Waals surface area (Å²) in [6, 6.07) is 15.0. The first-order chi connectivity index (χ1) is 10.5. The van der Waals surface area contributed by atoms with Crippen LogP contribution >= 0.6 is 0 Å². The molecule has 22 heavy (non-hydrogen) atoms. The van der Waals surface area contributed by atoms with Crippen LogP contribution in [0.3, 0.4) is 0 Å². The molecule has 1 N–H and O–H groups in total. The molecule has 2 rings (SSSR count). The van der Waals surface area contributed by atoms with E-state index in [0.29, 0.717) is 0 Å². The molecule has 4 nitrogen and oxygen atoms in total. The second kappa shape index (κ2) is 6.89. The van der Waals surface area contributed by atoms with Crippen LogP contribution in [0.2, 0.25) is 0 Å². The molecule has 0 spiro atoms. The molecule has 0 aliphatic heterocycles. The molecule has 0 unspecified atom stereocenters. The number of carbonyl (C=O) groups is 2. The van der Waals surface area contributed by atoms with Crippen molar-refractivity contribution in [2.45, 2.75) is 20.8 Å². The second-order valence-corrected chi connectivity index (χ2v) is 5.26. The number of benzene rings is 2. The van der Waals surface area contributed by atoms with Crippen LogP contribution in [0.4, 0.5) is 11.4 Å². The summed E-state index contributed by atoms with van der Waals surface area (Å²) in [4.78, 5) is 25.7. The lowest BCUT2D eigenvalue weighted by atomic mass is 10.1. The van der Waals surface area contributed by atoms with Crippen LogP contribution in [-0.2, 0) is 9.59 Å². The summed E-state index contributed by atoms with van der Waals surface area (Å²) in [5, 5.41) is 2.80. The highest BCUT2D eigenvalue weighted by Gasteiger charge is 2.19. The quantitative estimate of drug-likeness (QED) is 0.941. The minimum Gasteiger partial charge on any atom is -0.325 e. The largest absolute Gasteiger partial charge is 0.325 e. The van der Waals surface area contributed by atoms with Crippen molar-refractivity contribution >= 4 is 23.2 Å². The van der Waals surface area contributed by atoms with E-state index in [0.717, 1.165) is 22.5 Å². The Bertz CT molecular complexity index is 660. The van der Waals surface area contributed by atoms with Crippen LogP contribution in [-0.4, -0.2) is 18.4 Å². The van der Waals surface area contributed by atoms with Crippen molar-refractivity contribution in [1.29, 1.82) is 0 Å². The van der Waals surface area contributed by atoms with Crippen LogP contribution in [0.5, 0.6) is 0 Å². The average Bonchev–Trinajstić information content (AvgIpc) is 2.46. The molecule has 0 radical (unpaired) electrons. The zero-order valence-corrected chi connectivity index (χ0v) is 13.1. The first-order valence-corrected chi connectivity index (χ1v) is 7.18. The molecule has 0 aliphatic carbocycles. The number of anilines is 2. The number of rotatable bonds is 4. The minimum atomic E-state index is -0.218. The van der Waals surface area contributed by atoms with Gasteiger partial charge in [-0.15, -0.1) is 0 Å². The van der Waals surface area contributed by atoms with Crippen molar-refractivity contribution in [2.75, 3.05) is 16.8 Å². The fraction of sp³-hybridized carbons (Fsp3) is 0.222. The number of para-hydroxylation sites is 2. The summed E-state index contributed by atoms with van der Waals surface area (Å²) >= 11 is 0. The van der Waals surface area contributed by atoms with Crippen LogP contribution in [0.15, 0.2) is 48.5 Å². The molecular weight excluding hydrogens is 276 g/mol. The van der Waals surface area contributed by atoms with Gasteiger partial charge in [-0.3, -0.25) is 9.59 Å². The van der Waals surface area contributed by atoms with Crippen LogP contribution < -0.4 is 10.2 Å². The summed E-state index contributed by atoms with van der Waals surface area (Å²) in [6.45, 7) is 5.35. The predicted molar refractivity (Wildman–Crippen MR) is 89.0 cm³/mol. The van der Waals surface area contributed by atoms with E-state index in [4.69, 9.17) is 0 Å². The molecule has 0 aliphatic rings. The number of aryl methyl sites for hydroxylation is 2. The van der Waals surface area contributed by atoms with E-state index >= 15 is 0 Å². The van der Waals surface area contributed by atoms with Crippen molar-refractivity contribution in [2.24, 2.45) is 0 Å². The standard InChI is InChI=1S/C18H20N2O2/c1-13-8-7-9-14(2)18(13)20(15(3)21)12-17(22)19-16-10-5-4-6-11-16/h4-11H,12H2,1-3H3,(H,19,22). The van der Waals surface area contributed by atoms with Gasteiger partial charge in [0.2, 0.25) is 11.8 Å². The molecule has 2 aromatic rings. The second-order valence-electron chi connectivity index (χ2n) is 5.26. The molecular formula is C18H20N2O2. The lowest BCUT2D eigenvalue weighted by Crippen LogP contribution is -2.37. The lowest BCUT2D eigenvalue weighted by Gasteiger charge is -2.24. The van der Waals surface area contributed by atoms with Crippen LogP contribution in [0.1, 0.15) is 18.1 Å². The summed E-state index contributed by atoms with van der Waals surface area (Å²) in [5.41, 5.74) is 3.47. The number of hydrogen-bond donors (Lipinski definition) is 1. The van der Waals surface area contributed by atoms with Gasteiger partial charge >= 0.3 is 0 Å². The Morgan fingerprint density at radius 3 is 2.09 bits per heavy atom. The van der Waals surface area contributed by atoms with E-state index in [1.54, 1.807) is 0 Å². The van der Waals surface area contributed by atoms with Crippen molar-refractivity contribution < 1.29 is 9.59 Å². The van der Waals surface area contributed by atoms with E-state index in [9.17, 15) is 9.59 Å². The Morgan fingerprint density at radius 2 is 1.55 bits per heavy atom. The number of nitrogens with zero attached hydrogens (tertiary/aromatic N) is 1. The van der Waals surface area contributed by atoms with Gasteiger partial charge < -0.3 is 10.2 Å². The van der Waals surface area contributed by atoms with Gasteiger partial charge in [-0.1, -0.05) is 36.4 Å². The Kier molecular flexibility index (Phi) is 4.94. The highest BCUT2D eigenvalue weighted by molar-refractivity contribution is 6.02. The zero-order chi connectivity index (χ0) is 16.1. The molecule has 0 atom stereocenters. The molecule has 0 saturated heterocycles. The number of nitrogens with one attached hydrogen (secondary N) is 1. The Hall–Kier alpha value is -2.62. The predicted octanol–water partition coefficient (Wildman–Crippen LogP) is 3.30. The van der Waals surface area contributed by atoms with E-state index in [-0.39, 0.29) is 18.4 Å². The van der Waals surface area contributed by atoms with E-state index < -0.39 is 0 Å². The molecule has 0 fully saturated rings. The SMILES string of the molecule is CC(=O)N(CC(=O)Nc1ccccc1)c1c(C)cccc1C. The topological polar surface area (TPSA) is 49.4 Å². The Balaban J connectivity index is 2.19. The van der Waals surface area contributed by atoms with Gasteiger partial charge in [-0.25, -0.2) is 0 Å². The fourth-order valence-electron chi connectivity index (χ4n) is 2.44. The first-order valence-electron chi connectivity index (χ1n) is 7.18. The Morgan fingerprint density at radius 1 is 0.955 bits per heavy atom. The number of amides is 2. The summed E-state index contributed by atoms with van der Waals surface area (Å²) in [6.07, 6.45) is 0. The monoisotopic (exact) mass is 296 g/mol. The van der Waals surface area contributed by atoms with Crippen molar-refractivity contribution in [3.63, 3.8) is 0 Å². The van der Waals surface area contributed by atoms with E-state index in [2.05, 4.69) is 5.32 Å². The van der Waals surface area contributed by atoms with Gasteiger partial charge in [-0.2, -0.15) is 0 Å². The fourth-order valence-corrected chi connectivity index (χ4v) is 2.44. The maximum absolute atomic E-state index is 12.2. The molecule has 114 valence electrons. The lowest BCUT2D eigenvalue weighted by molar-refractivity contribution is -0.120. The normalized spacial score (nSPS) is 10.1. The third-order valence-corrected chi connectivity index (χ3v) is 3.45. The third kappa shape index (κ3) is 3.73. The molecule has 0 saturated carbocycles. The molecule has 2 aromatic carbocycles. The van der Waals surface area contributed by atoms with Crippen molar-refractivity contribution in [3.05, 3.63) is 59.7 Å². The van der Waals surface area contributed by atoms with Gasteiger partial charge in [0.25, 0.3) is 0 Å². The molecule has 0 heterocycles. The van der Waals surface area contributed by atoms with Crippen LogP contribution in [0, 0.1) is 13.8 Å².